The number of benzene rings is 1. The molecule has 0 saturated carbocycles. The number of halogens is 1. The van der Waals surface area contributed by atoms with Gasteiger partial charge in [-0.25, -0.2) is 4.98 Å². The Balaban J connectivity index is 2.48. The molecule has 2 N–H and O–H groups in total. The molecule has 0 aliphatic heterocycles. The SMILES string of the molecule is CC(C)C[NH2+][C@H](C)c1nc2cc(Cl)ccc2c(=O)n1C. The van der Waals surface area contributed by atoms with E-state index >= 15 is 0 Å². The normalized spacial score (nSPS) is 13.1. The van der Waals surface area contributed by atoms with Crippen molar-refractivity contribution in [2.45, 2.75) is 26.8 Å². The monoisotopic (exact) mass is 294 g/mol. The average Bonchev–Trinajstić information content (AvgIpc) is 2.39. The van der Waals surface area contributed by atoms with Gasteiger partial charge in [-0.3, -0.25) is 9.36 Å². The molecule has 0 amide bonds. The molecule has 20 heavy (non-hydrogen) atoms. The number of rotatable bonds is 4. The fourth-order valence-corrected chi connectivity index (χ4v) is 2.42. The predicted molar refractivity (Wildman–Crippen MR) is 82.0 cm³/mol. The molecule has 0 fully saturated rings. The fourth-order valence-electron chi connectivity index (χ4n) is 2.25. The summed E-state index contributed by atoms with van der Waals surface area (Å²) in [5.74, 6) is 1.38. The molecule has 108 valence electrons. The molecule has 2 rings (SSSR count). The molecule has 0 radical (unpaired) electrons. The van der Waals surface area contributed by atoms with E-state index in [1.165, 1.54) is 0 Å². The Kier molecular flexibility index (Phi) is 4.45. The van der Waals surface area contributed by atoms with Crippen LogP contribution in [0.5, 0.6) is 0 Å². The molecule has 0 aliphatic carbocycles. The molecule has 1 aromatic heterocycles. The third-order valence-electron chi connectivity index (χ3n) is 3.44. The van der Waals surface area contributed by atoms with Crippen molar-refractivity contribution < 1.29 is 5.32 Å². The molecule has 0 spiro atoms. The zero-order chi connectivity index (χ0) is 14.9. The van der Waals surface area contributed by atoms with Crippen LogP contribution in [0.3, 0.4) is 0 Å². The van der Waals surface area contributed by atoms with Gasteiger partial charge in [0, 0.05) is 18.0 Å². The van der Waals surface area contributed by atoms with E-state index in [9.17, 15) is 4.79 Å². The Morgan fingerprint density at radius 2 is 2.05 bits per heavy atom. The molecular weight excluding hydrogens is 274 g/mol. The summed E-state index contributed by atoms with van der Waals surface area (Å²) in [4.78, 5) is 17.0. The van der Waals surface area contributed by atoms with Gasteiger partial charge in [0.25, 0.3) is 5.56 Å². The zero-order valence-corrected chi connectivity index (χ0v) is 13.1. The van der Waals surface area contributed by atoms with Crippen LogP contribution in [0, 0.1) is 5.92 Å². The highest BCUT2D eigenvalue weighted by Crippen LogP contribution is 2.16. The second kappa shape index (κ2) is 5.94. The molecule has 0 unspecified atom stereocenters. The van der Waals surface area contributed by atoms with Gasteiger partial charge in [-0.15, -0.1) is 0 Å². The maximum Gasteiger partial charge on any atom is 0.261 e. The second-order valence-electron chi connectivity index (χ2n) is 5.65. The number of aromatic nitrogens is 2. The largest absolute Gasteiger partial charge is 0.338 e. The van der Waals surface area contributed by atoms with E-state index in [2.05, 4.69) is 31.1 Å². The summed E-state index contributed by atoms with van der Waals surface area (Å²) in [6, 6.07) is 5.34. The topological polar surface area (TPSA) is 51.5 Å². The van der Waals surface area contributed by atoms with E-state index in [0.717, 1.165) is 12.4 Å². The lowest BCUT2D eigenvalue weighted by atomic mass is 10.2. The summed E-state index contributed by atoms with van der Waals surface area (Å²) >= 11 is 5.99. The minimum Gasteiger partial charge on any atom is -0.338 e. The van der Waals surface area contributed by atoms with Gasteiger partial charge in [-0.2, -0.15) is 0 Å². The van der Waals surface area contributed by atoms with Crippen LogP contribution in [0.15, 0.2) is 23.0 Å². The molecule has 1 heterocycles. The quantitative estimate of drug-likeness (QED) is 0.936. The number of fused-ring (bicyclic) bond motifs is 1. The predicted octanol–water partition coefficient (Wildman–Crippen LogP) is 1.87. The van der Waals surface area contributed by atoms with Crippen molar-refractivity contribution in [1.29, 1.82) is 0 Å². The first kappa shape index (κ1) is 15.0. The van der Waals surface area contributed by atoms with Gasteiger partial charge < -0.3 is 5.32 Å². The van der Waals surface area contributed by atoms with Crippen molar-refractivity contribution >= 4 is 22.5 Å². The molecule has 1 atom stereocenters. The van der Waals surface area contributed by atoms with Crippen molar-refractivity contribution in [2.75, 3.05) is 6.54 Å². The van der Waals surface area contributed by atoms with E-state index in [1.807, 2.05) is 0 Å². The van der Waals surface area contributed by atoms with E-state index in [1.54, 1.807) is 29.8 Å². The van der Waals surface area contributed by atoms with Crippen molar-refractivity contribution in [1.82, 2.24) is 9.55 Å². The van der Waals surface area contributed by atoms with Crippen LogP contribution in [-0.2, 0) is 7.05 Å². The van der Waals surface area contributed by atoms with Gasteiger partial charge in [0.2, 0.25) is 0 Å². The van der Waals surface area contributed by atoms with E-state index in [-0.39, 0.29) is 11.6 Å². The molecule has 2 aromatic rings. The summed E-state index contributed by atoms with van der Waals surface area (Å²) in [7, 11) is 1.78. The van der Waals surface area contributed by atoms with Crippen LogP contribution in [0.2, 0.25) is 5.02 Å². The molecule has 5 heteroatoms. The molecule has 4 nitrogen and oxygen atoms in total. The number of nitrogens with two attached hydrogens (primary N) is 1. The first-order valence-corrected chi connectivity index (χ1v) is 7.27. The molecular formula is C15H21ClN3O+. The minimum absolute atomic E-state index is 0.0218. The summed E-state index contributed by atoms with van der Waals surface area (Å²) in [6.45, 7) is 7.43. The van der Waals surface area contributed by atoms with Gasteiger partial charge >= 0.3 is 0 Å². The Hall–Kier alpha value is -1.39. The lowest BCUT2D eigenvalue weighted by Gasteiger charge is -2.15. The first-order valence-electron chi connectivity index (χ1n) is 6.89. The van der Waals surface area contributed by atoms with Crippen LogP contribution >= 0.6 is 11.6 Å². The van der Waals surface area contributed by atoms with E-state index in [4.69, 9.17) is 11.6 Å². The first-order chi connectivity index (χ1) is 9.40. The Morgan fingerprint density at radius 3 is 2.70 bits per heavy atom. The van der Waals surface area contributed by atoms with Crippen LogP contribution in [0.4, 0.5) is 0 Å². The number of hydrogen-bond acceptors (Lipinski definition) is 2. The summed E-state index contributed by atoms with van der Waals surface area (Å²) in [6.07, 6.45) is 0. The fraction of sp³-hybridized carbons (Fsp3) is 0.467. The lowest BCUT2D eigenvalue weighted by molar-refractivity contribution is -0.698. The number of hydrogen-bond donors (Lipinski definition) is 1. The Bertz CT molecular complexity index is 679. The minimum atomic E-state index is -0.0218. The molecule has 1 aromatic carbocycles. The van der Waals surface area contributed by atoms with Crippen molar-refractivity contribution in [3.63, 3.8) is 0 Å². The molecule has 0 aliphatic rings. The standard InChI is InChI=1S/C15H20ClN3O/c1-9(2)8-17-10(3)14-18-13-7-11(16)5-6-12(13)15(20)19(14)4/h5-7,9-10,17H,8H2,1-4H3/p+1/t10-/m1/s1. The van der Waals surface area contributed by atoms with Crippen LogP contribution in [0.1, 0.15) is 32.6 Å². The molecule has 0 bridgehead atoms. The average molecular weight is 295 g/mol. The summed E-state index contributed by atoms with van der Waals surface area (Å²) < 4.78 is 1.64. The second-order valence-corrected chi connectivity index (χ2v) is 6.09. The van der Waals surface area contributed by atoms with Gasteiger partial charge in [0.1, 0.15) is 6.04 Å². The Morgan fingerprint density at radius 1 is 1.35 bits per heavy atom. The third kappa shape index (κ3) is 3.02. The van der Waals surface area contributed by atoms with Gasteiger partial charge in [-0.05, 0) is 25.1 Å². The van der Waals surface area contributed by atoms with Crippen molar-refractivity contribution in [3.05, 3.63) is 39.4 Å². The van der Waals surface area contributed by atoms with Crippen LogP contribution < -0.4 is 10.9 Å². The van der Waals surface area contributed by atoms with Crippen LogP contribution in [0.25, 0.3) is 10.9 Å². The smallest absolute Gasteiger partial charge is 0.261 e. The molecule has 0 saturated heterocycles. The Labute approximate surface area is 123 Å². The maximum atomic E-state index is 12.4. The summed E-state index contributed by atoms with van der Waals surface area (Å²) in [5, 5.41) is 3.42. The highest BCUT2D eigenvalue weighted by Gasteiger charge is 2.17. The highest BCUT2D eigenvalue weighted by atomic mass is 35.5. The van der Waals surface area contributed by atoms with Gasteiger partial charge in [0.15, 0.2) is 5.82 Å². The zero-order valence-electron chi connectivity index (χ0n) is 12.4. The highest BCUT2D eigenvalue weighted by molar-refractivity contribution is 6.31. The van der Waals surface area contributed by atoms with E-state index in [0.29, 0.717) is 21.8 Å². The van der Waals surface area contributed by atoms with Crippen LogP contribution in [-0.4, -0.2) is 16.1 Å². The number of quaternary nitrogens is 1. The van der Waals surface area contributed by atoms with Crippen molar-refractivity contribution in [2.24, 2.45) is 13.0 Å². The third-order valence-corrected chi connectivity index (χ3v) is 3.68. The summed E-state index contributed by atoms with van der Waals surface area (Å²) in [5.41, 5.74) is 0.645. The number of nitrogens with zero attached hydrogens (tertiary/aromatic N) is 2. The maximum absolute atomic E-state index is 12.4. The lowest BCUT2D eigenvalue weighted by Crippen LogP contribution is -2.86. The van der Waals surface area contributed by atoms with Gasteiger partial charge in [0.05, 0.1) is 17.4 Å². The van der Waals surface area contributed by atoms with Crippen molar-refractivity contribution in [3.8, 4) is 0 Å². The van der Waals surface area contributed by atoms with Gasteiger partial charge in [-0.1, -0.05) is 25.4 Å². The van der Waals surface area contributed by atoms with E-state index < -0.39 is 0 Å².